The molecule has 0 aliphatic heterocycles. The van der Waals surface area contributed by atoms with Gasteiger partial charge in [-0.15, -0.1) is 0 Å². The number of rotatable bonds is 3. The van der Waals surface area contributed by atoms with E-state index in [4.69, 9.17) is 5.11 Å². The first-order valence-electron chi connectivity index (χ1n) is 3.28. The van der Waals surface area contributed by atoms with Crippen LogP contribution in [0.2, 0.25) is 0 Å². The van der Waals surface area contributed by atoms with Crippen LogP contribution in [0.1, 0.15) is 0 Å². The van der Waals surface area contributed by atoms with Crippen LogP contribution < -0.4 is 5.32 Å². The first kappa shape index (κ1) is 7.75. The Morgan fingerprint density at radius 2 is 2.00 bits per heavy atom. The van der Waals surface area contributed by atoms with Crippen LogP contribution in [0.5, 0.6) is 0 Å². The summed E-state index contributed by atoms with van der Waals surface area (Å²) < 4.78 is 0. The van der Waals surface area contributed by atoms with E-state index in [9.17, 15) is 4.79 Å². The number of anilines is 1. The third-order valence-electron chi connectivity index (χ3n) is 1.22. The monoisotopic (exact) mass is 151 g/mol. The largest absolute Gasteiger partial charge is 0.367 e. The van der Waals surface area contributed by atoms with E-state index in [0.717, 1.165) is 5.69 Å². The molecule has 0 aliphatic carbocycles. The number of hydrogen-bond acceptors (Lipinski definition) is 3. The first-order chi connectivity index (χ1) is 5.33. The van der Waals surface area contributed by atoms with E-state index >= 15 is 0 Å². The molecule has 0 saturated heterocycles. The highest BCUT2D eigenvalue weighted by Crippen LogP contribution is 2.04. The fourth-order valence-corrected chi connectivity index (χ4v) is 0.739. The van der Waals surface area contributed by atoms with E-state index in [0.29, 0.717) is 6.29 Å². The minimum absolute atomic E-state index is 0.438. The van der Waals surface area contributed by atoms with Gasteiger partial charge in [-0.25, -0.2) is 0 Å². The van der Waals surface area contributed by atoms with Gasteiger partial charge < -0.3 is 10.4 Å². The number of carbonyl (C=O) groups is 1. The maximum Gasteiger partial charge on any atom is 0.181 e. The van der Waals surface area contributed by atoms with Gasteiger partial charge in [0.15, 0.2) is 12.5 Å². The van der Waals surface area contributed by atoms with E-state index in [1.54, 1.807) is 12.1 Å². The van der Waals surface area contributed by atoms with Crippen molar-refractivity contribution in [2.45, 2.75) is 6.23 Å². The molecule has 11 heavy (non-hydrogen) atoms. The van der Waals surface area contributed by atoms with Crippen molar-refractivity contribution in [2.75, 3.05) is 5.32 Å². The average Bonchev–Trinajstić information content (AvgIpc) is 2.06. The minimum atomic E-state index is -1.11. The molecule has 1 atom stereocenters. The molecule has 0 heterocycles. The highest BCUT2D eigenvalue weighted by Gasteiger charge is 1.97. The third-order valence-corrected chi connectivity index (χ3v) is 1.22. The second kappa shape index (κ2) is 3.73. The van der Waals surface area contributed by atoms with Gasteiger partial charge in [-0.3, -0.25) is 4.79 Å². The quantitative estimate of drug-likeness (QED) is 0.491. The molecule has 1 rings (SSSR count). The van der Waals surface area contributed by atoms with Crippen molar-refractivity contribution < 1.29 is 9.90 Å². The Bertz CT molecular complexity index is 223. The number of aliphatic hydroxyl groups excluding tert-OH is 1. The maximum absolute atomic E-state index is 10.00. The van der Waals surface area contributed by atoms with Gasteiger partial charge in [-0.2, -0.15) is 0 Å². The predicted molar refractivity (Wildman–Crippen MR) is 42.1 cm³/mol. The molecule has 2 N–H and O–H groups in total. The lowest BCUT2D eigenvalue weighted by molar-refractivity contribution is -0.113. The maximum atomic E-state index is 10.00. The molecule has 0 aromatic heterocycles. The van der Waals surface area contributed by atoms with Crippen molar-refractivity contribution in [3.63, 3.8) is 0 Å². The predicted octanol–water partition coefficient (Wildman–Crippen LogP) is 0.616. The van der Waals surface area contributed by atoms with E-state index in [2.05, 4.69) is 5.32 Å². The third kappa shape index (κ3) is 2.39. The van der Waals surface area contributed by atoms with Crippen molar-refractivity contribution >= 4 is 12.0 Å². The fourth-order valence-electron chi connectivity index (χ4n) is 0.739. The summed E-state index contributed by atoms with van der Waals surface area (Å²) in [6.45, 7) is 0. The number of aliphatic hydroxyl groups is 1. The molecule has 0 amide bonds. The van der Waals surface area contributed by atoms with E-state index < -0.39 is 6.23 Å². The number of benzene rings is 1. The van der Waals surface area contributed by atoms with E-state index in [1.807, 2.05) is 18.2 Å². The van der Waals surface area contributed by atoms with Crippen LogP contribution in [0.4, 0.5) is 5.69 Å². The molecule has 0 fully saturated rings. The van der Waals surface area contributed by atoms with Gasteiger partial charge in [0.2, 0.25) is 0 Å². The van der Waals surface area contributed by atoms with Crippen molar-refractivity contribution in [1.29, 1.82) is 0 Å². The Labute approximate surface area is 64.7 Å². The summed E-state index contributed by atoms with van der Waals surface area (Å²) in [7, 11) is 0. The Kier molecular flexibility index (Phi) is 2.63. The van der Waals surface area contributed by atoms with Crippen molar-refractivity contribution in [3.05, 3.63) is 30.3 Å². The number of aldehydes is 1. The van der Waals surface area contributed by atoms with Crippen LogP contribution in [0, 0.1) is 0 Å². The number of hydrogen-bond donors (Lipinski definition) is 2. The van der Waals surface area contributed by atoms with Crippen molar-refractivity contribution in [1.82, 2.24) is 0 Å². The lowest BCUT2D eigenvalue weighted by Crippen LogP contribution is -2.19. The second-order valence-corrected chi connectivity index (χ2v) is 2.09. The van der Waals surface area contributed by atoms with Gasteiger partial charge in [0.05, 0.1) is 0 Å². The molecule has 1 aromatic carbocycles. The Morgan fingerprint density at radius 3 is 2.55 bits per heavy atom. The SMILES string of the molecule is O=CC(O)Nc1ccccc1. The summed E-state index contributed by atoms with van der Waals surface area (Å²) in [4.78, 5) is 10.00. The zero-order chi connectivity index (χ0) is 8.10. The number of nitrogens with one attached hydrogen (secondary N) is 1. The number of para-hydroxylation sites is 1. The molecule has 58 valence electrons. The summed E-state index contributed by atoms with van der Waals surface area (Å²) >= 11 is 0. The summed E-state index contributed by atoms with van der Waals surface area (Å²) in [6.07, 6.45) is -0.676. The minimum Gasteiger partial charge on any atom is -0.367 e. The van der Waals surface area contributed by atoms with Crippen LogP contribution in [0.3, 0.4) is 0 Å². The lowest BCUT2D eigenvalue weighted by Gasteiger charge is -2.06. The molecule has 0 saturated carbocycles. The average molecular weight is 151 g/mol. The molecule has 3 nitrogen and oxygen atoms in total. The summed E-state index contributed by atoms with van der Waals surface area (Å²) in [5, 5.41) is 11.4. The van der Waals surface area contributed by atoms with Crippen LogP contribution in [-0.2, 0) is 4.79 Å². The van der Waals surface area contributed by atoms with Crippen LogP contribution in [-0.4, -0.2) is 17.6 Å². The highest BCUT2D eigenvalue weighted by atomic mass is 16.3. The van der Waals surface area contributed by atoms with Gasteiger partial charge in [0, 0.05) is 5.69 Å². The van der Waals surface area contributed by atoms with Gasteiger partial charge in [-0.05, 0) is 12.1 Å². The second-order valence-electron chi connectivity index (χ2n) is 2.09. The zero-order valence-corrected chi connectivity index (χ0v) is 5.90. The molecule has 3 heteroatoms. The normalized spacial score (nSPS) is 12.1. The molecule has 0 bridgehead atoms. The summed E-state index contributed by atoms with van der Waals surface area (Å²) in [5.41, 5.74) is 0.729. The molecule has 0 aliphatic rings. The smallest absolute Gasteiger partial charge is 0.181 e. The van der Waals surface area contributed by atoms with Crippen LogP contribution in [0.15, 0.2) is 30.3 Å². The Balaban J connectivity index is 2.57. The van der Waals surface area contributed by atoms with Crippen LogP contribution in [0.25, 0.3) is 0 Å². The molecular formula is C8H9NO2. The van der Waals surface area contributed by atoms with Crippen molar-refractivity contribution in [3.8, 4) is 0 Å². The van der Waals surface area contributed by atoms with E-state index in [-0.39, 0.29) is 0 Å². The lowest BCUT2D eigenvalue weighted by atomic mass is 10.3. The Hall–Kier alpha value is -1.35. The summed E-state index contributed by atoms with van der Waals surface area (Å²) in [5.74, 6) is 0. The molecular weight excluding hydrogens is 142 g/mol. The molecule has 1 unspecified atom stereocenters. The fraction of sp³-hybridized carbons (Fsp3) is 0.125. The van der Waals surface area contributed by atoms with Gasteiger partial charge in [-0.1, -0.05) is 18.2 Å². The molecule has 0 radical (unpaired) electrons. The van der Waals surface area contributed by atoms with Crippen molar-refractivity contribution in [2.24, 2.45) is 0 Å². The van der Waals surface area contributed by atoms with E-state index in [1.165, 1.54) is 0 Å². The summed E-state index contributed by atoms with van der Waals surface area (Å²) in [6, 6.07) is 9.04. The number of carbonyl (C=O) groups excluding carboxylic acids is 1. The van der Waals surface area contributed by atoms with Gasteiger partial charge in [0.25, 0.3) is 0 Å². The first-order valence-corrected chi connectivity index (χ1v) is 3.28. The molecule has 1 aromatic rings. The van der Waals surface area contributed by atoms with Gasteiger partial charge >= 0.3 is 0 Å². The Morgan fingerprint density at radius 1 is 1.36 bits per heavy atom. The standard InChI is InChI=1S/C8H9NO2/c10-6-8(11)9-7-4-2-1-3-5-7/h1-6,8-9,11H. The van der Waals surface area contributed by atoms with Crippen LogP contribution >= 0.6 is 0 Å². The van der Waals surface area contributed by atoms with Gasteiger partial charge in [0.1, 0.15) is 0 Å². The molecule has 0 spiro atoms. The highest BCUT2D eigenvalue weighted by molar-refractivity contribution is 5.61. The topological polar surface area (TPSA) is 49.3 Å². The zero-order valence-electron chi connectivity index (χ0n) is 5.90.